The molecule has 0 saturated carbocycles. The highest BCUT2D eigenvalue weighted by Gasteiger charge is 2.29. The molecule has 0 bridgehead atoms. The van der Waals surface area contributed by atoms with Gasteiger partial charge in [0.1, 0.15) is 11.5 Å². The predicted molar refractivity (Wildman–Crippen MR) is 106 cm³/mol. The van der Waals surface area contributed by atoms with Crippen LogP contribution in [0, 0.1) is 20.8 Å². The molecule has 3 aromatic rings. The highest BCUT2D eigenvalue weighted by Crippen LogP contribution is 2.44. The van der Waals surface area contributed by atoms with Crippen LogP contribution in [-0.4, -0.2) is 5.52 Å². The van der Waals surface area contributed by atoms with Crippen LogP contribution in [0.2, 0.25) is 0 Å². The maximum Gasteiger partial charge on any atom is 0.370 e. The van der Waals surface area contributed by atoms with Crippen molar-refractivity contribution in [3.05, 3.63) is 95.1 Å². The fraction of sp³-hybridized carbons (Fsp3) is 0.136. The summed E-state index contributed by atoms with van der Waals surface area (Å²) in [4.78, 5) is 13.3. The molecule has 0 aliphatic rings. The van der Waals surface area contributed by atoms with Crippen molar-refractivity contribution in [3.63, 3.8) is 0 Å². The molecule has 0 aliphatic carbocycles. The molecular formula is C22H21O3P. The number of carbonyl (C=O) groups is 1. The Bertz CT molecular complexity index is 827. The topological polar surface area (TPSA) is 35.5 Å². The van der Waals surface area contributed by atoms with E-state index in [0.29, 0.717) is 17.1 Å². The van der Waals surface area contributed by atoms with Gasteiger partial charge in [0.2, 0.25) is 0 Å². The molecule has 0 saturated heterocycles. The number of hydrogen-bond donors (Lipinski definition) is 0. The van der Waals surface area contributed by atoms with Gasteiger partial charge >= 0.3 is 8.38 Å². The molecule has 0 unspecified atom stereocenters. The second kappa shape index (κ2) is 8.16. The SMILES string of the molecule is Cc1cc(C)c(C(=O)P(Oc2ccccc2)Oc2ccccc2)c(C)c1. The summed E-state index contributed by atoms with van der Waals surface area (Å²) < 4.78 is 11.9. The van der Waals surface area contributed by atoms with Gasteiger partial charge in [0, 0.05) is 5.56 Å². The molecular weight excluding hydrogens is 343 g/mol. The Morgan fingerprint density at radius 1 is 0.731 bits per heavy atom. The molecule has 0 radical (unpaired) electrons. The molecule has 3 nitrogen and oxygen atoms in total. The fourth-order valence-electron chi connectivity index (χ4n) is 2.86. The van der Waals surface area contributed by atoms with E-state index in [1.807, 2.05) is 93.6 Å². The zero-order valence-corrected chi connectivity index (χ0v) is 16.0. The summed E-state index contributed by atoms with van der Waals surface area (Å²) in [7, 11) is -1.83. The van der Waals surface area contributed by atoms with Crippen molar-refractivity contribution in [2.24, 2.45) is 0 Å². The average molecular weight is 364 g/mol. The van der Waals surface area contributed by atoms with E-state index in [2.05, 4.69) is 0 Å². The molecule has 0 aliphatic heterocycles. The van der Waals surface area contributed by atoms with Crippen molar-refractivity contribution in [3.8, 4) is 11.5 Å². The van der Waals surface area contributed by atoms with Crippen LogP contribution < -0.4 is 9.05 Å². The number of rotatable bonds is 6. The van der Waals surface area contributed by atoms with Gasteiger partial charge in [-0.05, 0) is 56.2 Å². The number of hydrogen-bond acceptors (Lipinski definition) is 3. The van der Waals surface area contributed by atoms with Gasteiger partial charge in [-0.3, -0.25) is 4.79 Å². The number of aryl methyl sites for hydroxylation is 3. The molecule has 0 heterocycles. The minimum absolute atomic E-state index is 0.122. The van der Waals surface area contributed by atoms with E-state index in [4.69, 9.17) is 9.05 Å². The lowest BCUT2D eigenvalue weighted by atomic mass is 10.0. The second-order valence-corrected chi connectivity index (χ2v) is 7.43. The molecule has 0 amide bonds. The molecule has 3 rings (SSSR count). The molecule has 0 aromatic heterocycles. The van der Waals surface area contributed by atoms with Crippen LogP contribution in [-0.2, 0) is 0 Å². The third-order valence-corrected chi connectivity index (χ3v) is 5.23. The van der Waals surface area contributed by atoms with E-state index >= 15 is 0 Å². The molecule has 132 valence electrons. The van der Waals surface area contributed by atoms with Crippen molar-refractivity contribution < 1.29 is 13.8 Å². The van der Waals surface area contributed by atoms with Gasteiger partial charge in [-0.2, -0.15) is 0 Å². The van der Waals surface area contributed by atoms with Gasteiger partial charge in [0.05, 0.1) is 0 Å². The summed E-state index contributed by atoms with van der Waals surface area (Å²) in [6.45, 7) is 5.93. The first-order valence-electron chi connectivity index (χ1n) is 8.43. The first-order valence-corrected chi connectivity index (χ1v) is 9.60. The van der Waals surface area contributed by atoms with E-state index < -0.39 is 8.38 Å². The molecule has 3 aromatic carbocycles. The van der Waals surface area contributed by atoms with Crippen LogP contribution in [0.3, 0.4) is 0 Å². The van der Waals surface area contributed by atoms with E-state index in [1.165, 1.54) is 0 Å². The van der Waals surface area contributed by atoms with Gasteiger partial charge in [0.25, 0.3) is 5.52 Å². The first kappa shape index (κ1) is 18.2. The van der Waals surface area contributed by atoms with Crippen LogP contribution in [0.1, 0.15) is 27.0 Å². The monoisotopic (exact) mass is 364 g/mol. The second-order valence-electron chi connectivity index (χ2n) is 6.14. The maximum absolute atomic E-state index is 13.3. The van der Waals surface area contributed by atoms with Crippen LogP contribution >= 0.6 is 8.38 Å². The van der Waals surface area contributed by atoms with Gasteiger partial charge < -0.3 is 9.05 Å². The highest BCUT2D eigenvalue weighted by molar-refractivity contribution is 7.67. The van der Waals surface area contributed by atoms with Crippen molar-refractivity contribution in [2.45, 2.75) is 20.8 Å². The van der Waals surface area contributed by atoms with Crippen LogP contribution in [0.5, 0.6) is 11.5 Å². The van der Waals surface area contributed by atoms with Gasteiger partial charge in [-0.25, -0.2) is 0 Å². The van der Waals surface area contributed by atoms with Gasteiger partial charge in [0.15, 0.2) is 0 Å². The molecule has 4 heteroatoms. The third kappa shape index (κ3) is 4.30. The summed E-state index contributed by atoms with van der Waals surface area (Å²) in [5.74, 6) is 1.23. The van der Waals surface area contributed by atoms with Gasteiger partial charge in [-0.1, -0.05) is 54.1 Å². The standard InChI is InChI=1S/C22H21O3P/c1-16-14-17(2)21(18(3)15-16)22(23)26(24-19-10-6-4-7-11-19)25-20-12-8-5-9-13-20/h4-15H,1-3H3. The Morgan fingerprint density at radius 3 is 1.58 bits per heavy atom. The van der Waals surface area contributed by atoms with Gasteiger partial charge in [-0.15, -0.1) is 0 Å². The van der Waals surface area contributed by atoms with Crippen molar-refractivity contribution in [2.75, 3.05) is 0 Å². The Kier molecular flexibility index (Phi) is 5.70. The quantitative estimate of drug-likeness (QED) is 0.487. The molecule has 0 N–H and O–H groups in total. The predicted octanol–water partition coefficient (Wildman–Crippen LogP) is 6.22. The van der Waals surface area contributed by atoms with Crippen LogP contribution in [0.15, 0.2) is 72.8 Å². The lowest BCUT2D eigenvalue weighted by molar-refractivity contribution is 0.106. The summed E-state index contributed by atoms with van der Waals surface area (Å²) in [6, 6.07) is 22.6. The third-order valence-electron chi connectivity index (χ3n) is 3.92. The minimum Gasteiger partial charge on any atom is -0.433 e. The van der Waals surface area contributed by atoms with Crippen molar-refractivity contribution in [1.82, 2.24) is 0 Å². The van der Waals surface area contributed by atoms with E-state index in [-0.39, 0.29) is 5.52 Å². The minimum atomic E-state index is -1.83. The lowest BCUT2D eigenvalue weighted by Gasteiger charge is -2.19. The Balaban J connectivity index is 1.95. The number of benzene rings is 3. The average Bonchev–Trinajstić information content (AvgIpc) is 2.62. The Morgan fingerprint density at radius 2 is 1.15 bits per heavy atom. The Labute approximate surface area is 155 Å². The molecule has 0 fully saturated rings. The first-order chi connectivity index (χ1) is 12.5. The summed E-state index contributed by atoms with van der Waals surface area (Å²) in [5, 5.41) is 0. The molecule has 0 atom stereocenters. The summed E-state index contributed by atoms with van der Waals surface area (Å²) in [6.07, 6.45) is 0. The highest BCUT2D eigenvalue weighted by atomic mass is 31.2. The van der Waals surface area contributed by atoms with Crippen LogP contribution in [0.25, 0.3) is 0 Å². The Hall–Kier alpha value is -2.64. The number of para-hydroxylation sites is 2. The molecule has 0 spiro atoms. The normalized spacial score (nSPS) is 10.6. The number of carbonyl (C=O) groups excluding carboxylic acids is 1. The fourth-order valence-corrected chi connectivity index (χ4v) is 4.23. The lowest BCUT2D eigenvalue weighted by Crippen LogP contribution is -2.10. The zero-order valence-electron chi connectivity index (χ0n) is 15.1. The summed E-state index contributed by atoms with van der Waals surface area (Å²) >= 11 is 0. The largest absolute Gasteiger partial charge is 0.433 e. The van der Waals surface area contributed by atoms with E-state index in [1.54, 1.807) is 0 Å². The van der Waals surface area contributed by atoms with Crippen molar-refractivity contribution >= 4 is 13.9 Å². The van der Waals surface area contributed by atoms with E-state index in [9.17, 15) is 4.79 Å². The maximum atomic E-state index is 13.3. The zero-order chi connectivity index (χ0) is 18.5. The smallest absolute Gasteiger partial charge is 0.370 e. The van der Waals surface area contributed by atoms with Crippen LogP contribution in [0.4, 0.5) is 0 Å². The van der Waals surface area contributed by atoms with Crippen molar-refractivity contribution in [1.29, 1.82) is 0 Å². The van der Waals surface area contributed by atoms with E-state index in [0.717, 1.165) is 16.7 Å². The summed E-state index contributed by atoms with van der Waals surface area (Å²) in [5.41, 5.74) is 3.56. The molecule has 26 heavy (non-hydrogen) atoms.